The number of phenolic OH excluding ortho intramolecular Hbond substituents is 2. The molecule has 1 aliphatic heterocycles. The van der Waals surface area contributed by atoms with Gasteiger partial charge in [0, 0.05) is 30.7 Å². The fourth-order valence-electron chi connectivity index (χ4n) is 9.19. The van der Waals surface area contributed by atoms with E-state index in [9.17, 15) is 10.2 Å². The van der Waals surface area contributed by atoms with Gasteiger partial charge in [-0.15, -0.1) is 0 Å². The normalized spacial score (nSPS) is 17.2. The Balaban J connectivity index is 1.44. The zero-order valence-corrected chi connectivity index (χ0v) is 38.7. The molecule has 0 aromatic heterocycles. The lowest BCUT2D eigenvalue weighted by Crippen LogP contribution is -2.64. The molecule has 0 aliphatic carbocycles. The van der Waals surface area contributed by atoms with Gasteiger partial charge >= 0.3 is 0 Å². The Morgan fingerprint density at radius 1 is 0.435 bits per heavy atom. The molecule has 8 aromatic rings. The lowest BCUT2D eigenvalue weighted by Gasteiger charge is -2.57. The van der Waals surface area contributed by atoms with Gasteiger partial charge in [0.25, 0.3) is 0 Å². The molecular formula is C59H54O10. The van der Waals surface area contributed by atoms with E-state index in [4.69, 9.17) is 37.9 Å². The maximum absolute atomic E-state index is 11.4. The van der Waals surface area contributed by atoms with E-state index in [0.29, 0.717) is 51.2 Å². The van der Waals surface area contributed by atoms with Crippen LogP contribution in [0.3, 0.4) is 0 Å². The molecule has 0 bridgehead atoms. The van der Waals surface area contributed by atoms with Crippen molar-refractivity contribution < 1.29 is 48.1 Å². The first-order valence-electron chi connectivity index (χ1n) is 22.7. The van der Waals surface area contributed by atoms with Crippen LogP contribution < -0.4 is 28.4 Å². The Morgan fingerprint density at radius 3 is 1.42 bits per heavy atom. The van der Waals surface area contributed by atoms with E-state index in [1.807, 2.05) is 164 Å². The highest BCUT2D eigenvalue weighted by Crippen LogP contribution is 2.66. The average molecular weight is 923 g/mol. The van der Waals surface area contributed by atoms with Crippen LogP contribution in [0.5, 0.6) is 46.0 Å². The molecule has 0 saturated heterocycles. The highest BCUT2D eigenvalue weighted by molar-refractivity contribution is 5.67. The minimum absolute atomic E-state index is 0.0434. The molecule has 3 atom stereocenters. The van der Waals surface area contributed by atoms with Crippen molar-refractivity contribution in [1.29, 1.82) is 0 Å². The monoisotopic (exact) mass is 922 g/mol. The number of rotatable bonds is 19. The number of phenols is 2. The Labute approximate surface area is 402 Å². The summed E-state index contributed by atoms with van der Waals surface area (Å²) in [4.78, 5) is 0. The van der Waals surface area contributed by atoms with Crippen molar-refractivity contribution in [2.24, 2.45) is 0 Å². The maximum atomic E-state index is 11.4. The lowest BCUT2D eigenvalue weighted by atomic mass is 9.63. The van der Waals surface area contributed by atoms with E-state index < -0.39 is 17.3 Å². The highest BCUT2D eigenvalue weighted by Gasteiger charge is 2.68. The molecule has 0 saturated carbocycles. The first kappa shape index (κ1) is 46.2. The summed E-state index contributed by atoms with van der Waals surface area (Å²) in [5.74, 6) is 1.72. The van der Waals surface area contributed by atoms with Crippen molar-refractivity contribution in [1.82, 2.24) is 0 Å². The summed E-state index contributed by atoms with van der Waals surface area (Å²) in [5.41, 5.74) is 2.35. The molecule has 0 radical (unpaired) electrons. The summed E-state index contributed by atoms with van der Waals surface area (Å²) >= 11 is 0. The molecule has 10 heteroatoms. The van der Waals surface area contributed by atoms with Crippen LogP contribution in [0.15, 0.2) is 194 Å². The standard InChI is InChI=1S/C59H54O10/c1-62-47-32-51(63-2)55(52(33-47)64-3)59(68-40-45-27-17-8-18-28-45)56-53(66-38-43-23-13-6-14-24-43)34-48(65-37-42-21-11-5-12-22-42)35-54(56)69-57(46-29-30-49(60)50(61)31-46)58(59,36-41-19-9-4-10-20-41)67-39-44-25-15-7-16-26-44/h4-35,57,60-61H,36-40H2,1-3H3/t57-,58+,59?/m1/s1. The Kier molecular flexibility index (Phi) is 14.0. The fourth-order valence-corrected chi connectivity index (χ4v) is 9.19. The number of ether oxygens (including phenoxy) is 8. The molecular weight excluding hydrogens is 869 g/mol. The van der Waals surface area contributed by atoms with E-state index in [1.165, 1.54) is 12.1 Å². The Morgan fingerprint density at radius 2 is 0.913 bits per heavy atom. The van der Waals surface area contributed by atoms with Gasteiger partial charge in [-0.05, 0) is 45.5 Å². The molecule has 2 N–H and O–H groups in total. The van der Waals surface area contributed by atoms with Crippen LogP contribution in [0.1, 0.15) is 50.6 Å². The van der Waals surface area contributed by atoms with Gasteiger partial charge in [0.2, 0.25) is 0 Å². The van der Waals surface area contributed by atoms with Crippen LogP contribution in [0.25, 0.3) is 0 Å². The molecule has 0 fully saturated rings. The van der Waals surface area contributed by atoms with Crippen molar-refractivity contribution in [2.45, 2.75) is 50.2 Å². The van der Waals surface area contributed by atoms with Crippen LogP contribution in [0, 0.1) is 0 Å². The van der Waals surface area contributed by atoms with Crippen molar-refractivity contribution >= 4 is 0 Å². The van der Waals surface area contributed by atoms with Crippen molar-refractivity contribution in [3.05, 3.63) is 239 Å². The first-order chi connectivity index (χ1) is 33.8. The van der Waals surface area contributed by atoms with Gasteiger partial charge in [0.15, 0.2) is 28.8 Å². The summed E-state index contributed by atoms with van der Waals surface area (Å²) in [6.07, 6.45) is -0.983. The van der Waals surface area contributed by atoms with E-state index >= 15 is 0 Å². The number of hydrogen-bond acceptors (Lipinski definition) is 10. The van der Waals surface area contributed by atoms with Gasteiger partial charge in [-0.1, -0.05) is 158 Å². The first-order valence-corrected chi connectivity index (χ1v) is 22.7. The third-order valence-electron chi connectivity index (χ3n) is 12.5. The van der Waals surface area contributed by atoms with Gasteiger partial charge in [0.1, 0.15) is 47.7 Å². The minimum atomic E-state index is -1.84. The molecule has 0 amide bonds. The van der Waals surface area contributed by atoms with Crippen LogP contribution in [0.2, 0.25) is 0 Å². The average Bonchev–Trinajstić information content (AvgIpc) is 3.40. The molecule has 1 heterocycles. The minimum Gasteiger partial charge on any atom is -0.504 e. The second-order valence-electron chi connectivity index (χ2n) is 16.8. The predicted octanol–water partition coefficient (Wildman–Crippen LogP) is 12.1. The number of fused-ring (bicyclic) bond motifs is 1. The number of benzene rings is 8. The van der Waals surface area contributed by atoms with Crippen LogP contribution in [-0.4, -0.2) is 37.1 Å². The van der Waals surface area contributed by atoms with E-state index in [2.05, 4.69) is 0 Å². The smallest absolute Gasteiger partial charge is 0.166 e. The Bertz CT molecular complexity index is 2910. The Hall–Kier alpha value is -7.92. The van der Waals surface area contributed by atoms with E-state index in [-0.39, 0.29) is 44.3 Å². The summed E-state index contributed by atoms with van der Waals surface area (Å²) in [5, 5.41) is 22.2. The van der Waals surface area contributed by atoms with Gasteiger partial charge in [-0.2, -0.15) is 0 Å². The quantitative estimate of drug-likeness (QED) is 0.0760. The molecule has 1 unspecified atom stereocenters. The SMILES string of the molecule is COc1cc(OC)c(C2(OCc3ccccc3)c3c(OCc4ccccc4)cc(OCc4ccccc4)cc3O[C@H](c3ccc(O)c(O)c3)[C@]2(Cc2ccccc2)OCc2ccccc2)c(OC)c1. The van der Waals surface area contributed by atoms with Crippen LogP contribution in [0.4, 0.5) is 0 Å². The van der Waals surface area contributed by atoms with Crippen molar-refractivity contribution in [3.63, 3.8) is 0 Å². The largest absolute Gasteiger partial charge is 0.504 e. The van der Waals surface area contributed by atoms with Gasteiger partial charge in [-0.25, -0.2) is 0 Å². The van der Waals surface area contributed by atoms with Gasteiger partial charge in [0.05, 0.1) is 45.7 Å². The number of hydrogen-bond donors (Lipinski definition) is 2. The molecule has 350 valence electrons. The third kappa shape index (κ3) is 9.63. The third-order valence-corrected chi connectivity index (χ3v) is 12.5. The summed E-state index contributed by atoms with van der Waals surface area (Å²) in [7, 11) is 4.77. The van der Waals surface area contributed by atoms with E-state index in [1.54, 1.807) is 39.5 Å². The molecule has 8 aromatic carbocycles. The zero-order valence-electron chi connectivity index (χ0n) is 38.7. The lowest BCUT2D eigenvalue weighted by molar-refractivity contribution is -0.256. The van der Waals surface area contributed by atoms with E-state index in [0.717, 1.165) is 27.8 Å². The molecule has 0 spiro atoms. The van der Waals surface area contributed by atoms with Crippen LogP contribution in [-0.2, 0) is 47.9 Å². The highest BCUT2D eigenvalue weighted by atomic mass is 16.6. The molecule has 10 nitrogen and oxygen atoms in total. The molecule has 1 aliphatic rings. The topological polar surface area (TPSA) is 114 Å². The summed E-state index contributed by atoms with van der Waals surface area (Å²) in [6.45, 7) is 0.526. The van der Waals surface area contributed by atoms with Crippen molar-refractivity contribution in [2.75, 3.05) is 21.3 Å². The number of aromatic hydroxyl groups is 2. The second-order valence-corrected chi connectivity index (χ2v) is 16.8. The maximum Gasteiger partial charge on any atom is 0.166 e. The van der Waals surface area contributed by atoms with Crippen molar-refractivity contribution in [3.8, 4) is 46.0 Å². The fraction of sp³-hybridized carbons (Fsp3) is 0.186. The molecule has 69 heavy (non-hydrogen) atoms. The van der Waals surface area contributed by atoms with Gasteiger partial charge in [-0.3, -0.25) is 0 Å². The van der Waals surface area contributed by atoms with Crippen LogP contribution >= 0.6 is 0 Å². The second kappa shape index (κ2) is 20.9. The predicted molar refractivity (Wildman–Crippen MR) is 263 cm³/mol. The number of methoxy groups -OCH3 is 3. The zero-order chi connectivity index (χ0) is 47.6. The van der Waals surface area contributed by atoms with Gasteiger partial charge < -0.3 is 48.1 Å². The molecule has 9 rings (SSSR count). The summed E-state index contributed by atoms with van der Waals surface area (Å²) < 4.78 is 55.8. The summed E-state index contributed by atoms with van der Waals surface area (Å²) in [6, 6.07) is 61.6.